The second-order valence-electron chi connectivity index (χ2n) is 9.65. The van der Waals surface area contributed by atoms with Crippen molar-refractivity contribution in [3.63, 3.8) is 0 Å². The van der Waals surface area contributed by atoms with Crippen LogP contribution in [0, 0.1) is 5.92 Å². The van der Waals surface area contributed by atoms with Crippen molar-refractivity contribution in [2.24, 2.45) is 5.92 Å². The Morgan fingerprint density at radius 1 is 0.914 bits per heavy atom. The molecule has 35 heavy (non-hydrogen) atoms. The van der Waals surface area contributed by atoms with Crippen molar-refractivity contribution in [3.8, 4) is 11.1 Å². The molecule has 176 valence electrons. The zero-order chi connectivity index (χ0) is 24.2. The summed E-state index contributed by atoms with van der Waals surface area (Å²) >= 11 is 0. The van der Waals surface area contributed by atoms with Gasteiger partial charge in [0.15, 0.2) is 0 Å². The molecule has 4 atom stereocenters. The van der Waals surface area contributed by atoms with Gasteiger partial charge in [0, 0.05) is 11.8 Å². The van der Waals surface area contributed by atoms with E-state index in [0.29, 0.717) is 11.8 Å². The SMILES string of the molecule is O=C(O)C1(NS(=O)(=O)c2ccc(-c3ccc4c(c3)CC3C=CC=CC43)cc2)CC1c1ccccc1. The number of sulfonamides is 1. The van der Waals surface area contributed by atoms with Crippen molar-refractivity contribution in [1.82, 2.24) is 4.72 Å². The van der Waals surface area contributed by atoms with E-state index in [9.17, 15) is 18.3 Å². The summed E-state index contributed by atoms with van der Waals surface area (Å²) in [7, 11) is -4.01. The van der Waals surface area contributed by atoms with Gasteiger partial charge in [-0.15, -0.1) is 0 Å². The lowest BCUT2D eigenvalue weighted by molar-refractivity contribution is -0.140. The topological polar surface area (TPSA) is 83.5 Å². The zero-order valence-corrected chi connectivity index (χ0v) is 19.8. The Labute approximate surface area is 204 Å². The van der Waals surface area contributed by atoms with Crippen LogP contribution in [0.3, 0.4) is 0 Å². The molecule has 3 aliphatic rings. The molecule has 3 aromatic rings. The van der Waals surface area contributed by atoms with Gasteiger partial charge in [0.25, 0.3) is 0 Å². The smallest absolute Gasteiger partial charge is 0.325 e. The van der Waals surface area contributed by atoms with E-state index in [1.54, 1.807) is 24.3 Å². The fourth-order valence-corrected chi connectivity index (χ4v) is 7.00. The van der Waals surface area contributed by atoms with Gasteiger partial charge in [0.05, 0.1) is 4.90 Å². The van der Waals surface area contributed by atoms with Gasteiger partial charge >= 0.3 is 5.97 Å². The van der Waals surface area contributed by atoms with Gasteiger partial charge < -0.3 is 5.11 Å². The van der Waals surface area contributed by atoms with E-state index in [1.165, 1.54) is 11.1 Å². The van der Waals surface area contributed by atoms with Crippen LogP contribution in [0.5, 0.6) is 0 Å². The van der Waals surface area contributed by atoms with Crippen molar-refractivity contribution < 1.29 is 18.3 Å². The molecule has 5 nitrogen and oxygen atoms in total. The molecule has 3 aromatic carbocycles. The zero-order valence-electron chi connectivity index (χ0n) is 19.0. The van der Waals surface area contributed by atoms with Crippen molar-refractivity contribution in [1.29, 1.82) is 0 Å². The van der Waals surface area contributed by atoms with Gasteiger partial charge in [-0.05, 0) is 58.7 Å². The van der Waals surface area contributed by atoms with Crippen LogP contribution < -0.4 is 4.72 Å². The maximum Gasteiger partial charge on any atom is 0.325 e. The molecule has 0 saturated heterocycles. The second-order valence-corrected chi connectivity index (χ2v) is 11.3. The Balaban J connectivity index is 1.23. The highest BCUT2D eigenvalue weighted by molar-refractivity contribution is 7.89. The Kier molecular flexibility index (Phi) is 5.06. The van der Waals surface area contributed by atoms with Crippen molar-refractivity contribution >= 4 is 16.0 Å². The molecule has 6 rings (SSSR count). The van der Waals surface area contributed by atoms with Crippen LogP contribution in [-0.4, -0.2) is 25.0 Å². The number of rotatable bonds is 6. The standard InChI is InChI=1S/C29H25NO4S/c31-28(32)29(18-27(29)20-6-2-1-3-7-20)30-35(33,34)24-13-10-19(11-14-24)21-12-15-26-23(16-21)17-22-8-4-5-9-25(22)26/h1-16,22,25,27,30H,17-18H2,(H,31,32). The lowest BCUT2D eigenvalue weighted by Gasteiger charge is -2.16. The summed E-state index contributed by atoms with van der Waals surface area (Å²) in [4.78, 5) is 12.1. The van der Waals surface area contributed by atoms with Gasteiger partial charge in [-0.25, -0.2) is 8.42 Å². The van der Waals surface area contributed by atoms with E-state index in [2.05, 4.69) is 47.2 Å². The molecule has 1 fully saturated rings. The van der Waals surface area contributed by atoms with Crippen LogP contribution in [0.1, 0.15) is 34.9 Å². The van der Waals surface area contributed by atoms with Gasteiger partial charge in [0.1, 0.15) is 5.54 Å². The summed E-state index contributed by atoms with van der Waals surface area (Å²) in [5, 5.41) is 9.86. The molecule has 0 aliphatic heterocycles. The number of hydrogen-bond acceptors (Lipinski definition) is 3. The molecular weight excluding hydrogens is 458 g/mol. The Morgan fingerprint density at radius 2 is 1.63 bits per heavy atom. The van der Waals surface area contributed by atoms with E-state index in [-0.39, 0.29) is 11.3 Å². The maximum atomic E-state index is 13.1. The van der Waals surface area contributed by atoms with Crippen LogP contribution in [-0.2, 0) is 21.2 Å². The van der Waals surface area contributed by atoms with Gasteiger partial charge in [-0.3, -0.25) is 4.79 Å². The van der Waals surface area contributed by atoms with Gasteiger partial charge in [-0.1, -0.05) is 85.0 Å². The molecule has 0 spiro atoms. The lowest BCUT2D eigenvalue weighted by Crippen LogP contribution is -2.44. The molecular formula is C29H25NO4S. The molecule has 0 aromatic heterocycles. The second kappa shape index (κ2) is 8.04. The quantitative estimate of drug-likeness (QED) is 0.515. The number of fused-ring (bicyclic) bond motifs is 3. The van der Waals surface area contributed by atoms with Crippen molar-refractivity contribution in [2.75, 3.05) is 0 Å². The third-order valence-electron chi connectivity index (χ3n) is 7.57. The normalized spacial score (nSPS) is 26.2. The average molecular weight is 484 g/mol. The first-order valence-electron chi connectivity index (χ1n) is 11.8. The Hall–Kier alpha value is -3.48. The molecule has 0 amide bonds. The molecule has 2 N–H and O–H groups in total. The van der Waals surface area contributed by atoms with Gasteiger partial charge in [-0.2, -0.15) is 4.72 Å². The van der Waals surface area contributed by atoms with Crippen LogP contribution in [0.2, 0.25) is 0 Å². The summed E-state index contributed by atoms with van der Waals surface area (Å²) in [6, 6.07) is 22.3. The molecule has 0 radical (unpaired) electrons. The number of carboxylic acids is 1. The highest BCUT2D eigenvalue weighted by atomic mass is 32.2. The molecule has 3 aliphatic carbocycles. The average Bonchev–Trinajstić information content (AvgIpc) is 3.48. The van der Waals surface area contributed by atoms with Crippen LogP contribution in [0.25, 0.3) is 11.1 Å². The molecule has 0 heterocycles. The summed E-state index contributed by atoms with van der Waals surface area (Å²) in [6.07, 6.45) is 9.98. The lowest BCUT2D eigenvalue weighted by atomic mass is 9.89. The molecule has 1 saturated carbocycles. The Bertz CT molecular complexity index is 1470. The fourth-order valence-electron chi connectivity index (χ4n) is 5.59. The summed E-state index contributed by atoms with van der Waals surface area (Å²) < 4.78 is 28.7. The highest BCUT2D eigenvalue weighted by Crippen LogP contribution is 2.52. The van der Waals surface area contributed by atoms with Crippen molar-refractivity contribution in [2.45, 2.75) is 35.1 Å². The number of carboxylic acid groups (broad SMARTS) is 1. The monoisotopic (exact) mass is 483 g/mol. The van der Waals surface area contributed by atoms with E-state index in [0.717, 1.165) is 23.1 Å². The molecule has 0 bridgehead atoms. The summed E-state index contributed by atoms with van der Waals surface area (Å²) in [5.74, 6) is -0.608. The van der Waals surface area contributed by atoms with E-state index >= 15 is 0 Å². The minimum absolute atomic E-state index is 0.0584. The van der Waals surface area contributed by atoms with Crippen LogP contribution >= 0.6 is 0 Å². The van der Waals surface area contributed by atoms with Crippen LogP contribution in [0.4, 0.5) is 0 Å². The molecule has 4 unspecified atom stereocenters. The number of nitrogens with one attached hydrogen (secondary N) is 1. The Morgan fingerprint density at radius 3 is 2.37 bits per heavy atom. The van der Waals surface area contributed by atoms with Gasteiger partial charge in [0.2, 0.25) is 10.0 Å². The van der Waals surface area contributed by atoms with E-state index in [1.807, 2.05) is 30.3 Å². The number of benzene rings is 3. The number of allylic oxidation sites excluding steroid dienone is 4. The van der Waals surface area contributed by atoms with E-state index < -0.39 is 27.4 Å². The first kappa shape index (κ1) is 22.0. The van der Waals surface area contributed by atoms with Crippen molar-refractivity contribution in [3.05, 3.63) is 114 Å². The molecule has 6 heteroatoms. The summed E-state index contributed by atoms with van der Waals surface area (Å²) in [6.45, 7) is 0. The predicted molar refractivity (Wildman–Crippen MR) is 135 cm³/mol. The minimum atomic E-state index is -4.01. The first-order chi connectivity index (χ1) is 16.9. The fraction of sp³-hybridized carbons (Fsp3) is 0.207. The number of hydrogen-bond donors (Lipinski definition) is 2. The summed E-state index contributed by atoms with van der Waals surface area (Å²) in [5.41, 5.74) is 3.96. The van der Waals surface area contributed by atoms with Crippen LogP contribution in [0.15, 0.2) is 102 Å². The van der Waals surface area contributed by atoms with E-state index in [4.69, 9.17) is 0 Å². The maximum absolute atomic E-state index is 13.1. The first-order valence-corrected chi connectivity index (χ1v) is 13.3. The number of aliphatic carboxylic acids is 1. The minimum Gasteiger partial charge on any atom is -0.480 e. The predicted octanol–water partition coefficient (Wildman–Crippen LogP) is 5.02. The third-order valence-corrected chi connectivity index (χ3v) is 9.09. The largest absolute Gasteiger partial charge is 0.480 e. The highest BCUT2D eigenvalue weighted by Gasteiger charge is 2.63. The number of carbonyl (C=O) groups is 1. The third kappa shape index (κ3) is 3.74.